The van der Waals surface area contributed by atoms with E-state index in [0.29, 0.717) is 0 Å². The molecule has 0 N–H and O–H groups in total. The SMILES string of the molecule is Cc1cnc2c3cccc4c3n3c(c(-c5ccccc5)[n+](C)c3c2c1C)C(C)(C)C4(C)C. The molecule has 0 saturated carbocycles. The van der Waals surface area contributed by atoms with E-state index in [9.17, 15) is 0 Å². The predicted molar refractivity (Wildman–Crippen MR) is 132 cm³/mol. The molecule has 1 aliphatic heterocycles. The number of pyridine rings is 2. The fourth-order valence-electron chi connectivity index (χ4n) is 5.91. The molecule has 4 heterocycles. The molecule has 0 unspecified atom stereocenters. The number of imidazole rings is 1. The van der Waals surface area contributed by atoms with Crippen LogP contribution in [0.3, 0.4) is 0 Å². The minimum absolute atomic E-state index is 0.0439. The molecule has 6 rings (SSSR count). The van der Waals surface area contributed by atoms with Crippen molar-refractivity contribution in [1.82, 2.24) is 9.38 Å². The number of hydrogen-bond acceptors (Lipinski definition) is 1. The summed E-state index contributed by atoms with van der Waals surface area (Å²) in [5.74, 6) is 0. The Morgan fingerprint density at radius 2 is 1.59 bits per heavy atom. The third-order valence-electron chi connectivity index (χ3n) is 8.52. The van der Waals surface area contributed by atoms with Crippen molar-refractivity contribution in [3.63, 3.8) is 0 Å². The van der Waals surface area contributed by atoms with Gasteiger partial charge in [0.1, 0.15) is 5.52 Å². The fourth-order valence-corrected chi connectivity index (χ4v) is 5.91. The van der Waals surface area contributed by atoms with Crippen molar-refractivity contribution in [3.8, 4) is 11.3 Å². The van der Waals surface area contributed by atoms with Gasteiger partial charge in [-0.3, -0.25) is 4.98 Å². The standard InChI is InChI=1S/C29H30N3/c1-17-16-30-23-20-14-11-15-21-25(20)32-26(29(5,6)28(21,3)4)24(19-12-9-8-10-13-19)31(7)27(32)22(23)18(17)2/h8-16H,1-7H3/q+1. The normalized spacial score (nSPS) is 16.5. The van der Waals surface area contributed by atoms with E-state index in [0.717, 1.165) is 5.52 Å². The average molecular weight is 421 g/mol. The number of rotatable bonds is 1. The summed E-state index contributed by atoms with van der Waals surface area (Å²) in [4.78, 5) is 5.00. The molecule has 0 radical (unpaired) electrons. The Morgan fingerprint density at radius 1 is 0.875 bits per heavy atom. The minimum atomic E-state index is -0.0809. The highest BCUT2D eigenvalue weighted by Gasteiger charge is 2.52. The zero-order valence-corrected chi connectivity index (χ0v) is 20.0. The molecular weight excluding hydrogens is 390 g/mol. The van der Waals surface area contributed by atoms with Gasteiger partial charge in [-0.25, -0.2) is 4.57 Å². The maximum atomic E-state index is 5.00. The molecule has 2 aromatic carbocycles. The van der Waals surface area contributed by atoms with Gasteiger partial charge in [0.2, 0.25) is 0 Å². The number of hydrogen-bond donors (Lipinski definition) is 0. The summed E-state index contributed by atoms with van der Waals surface area (Å²) in [5.41, 5.74) is 11.4. The first-order valence-corrected chi connectivity index (χ1v) is 11.5. The van der Waals surface area contributed by atoms with E-state index >= 15 is 0 Å². The summed E-state index contributed by atoms with van der Waals surface area (Å²) in [6.07, 6.45) is 2.03. The minimum Gasteiger partial charge on any atom is -0.255 e. The summed E-state index contributed by atoms with van der Waals surface area (Å²) in [6.45, 7) is 14.0. The predicted octanol–water partition coefficient (Wildman–Crippen LogP) is 6.32. The molecule has 0 spiro atoms. The number of fused-ring (bicyclic) bond motifs is 3. The van der Waals surface area contributed by atoms with Gasteiger partial charge in [0.25, 0.3) is 5.65 Å². The highest BCUT2D eigenvalue weighted by atomic mass is 15.1. The van der Waals surface area contributed by atoms with Crippen LogP contribution in [0.4, 0.5) is 0 Å². The molecule has 0 atom stereocenters. The van der Waals surface area contributed by atoms with Crippen LogP contribution in [0.2, 0.25) is 0 Å². The summed E-state index contributed by atoms with van der Waals surface area (Å²) in [7, 11) is 2.23. The lowest BCUT2D eigenvalue weighted by Gasteiger charge is -2.43. The van der Waals surface area contributed by atoms with Crippen LogP contribution in [0, 0.1) is 13.8 Å². The monoisotopic (exact) mass is 420 g/mol. The maximum Gasteiger partial charge on any atom is 0.297 e. The second-order valence-corrected chi connectivity index (χ2v) is 10.5. The lowest BCUT2D eigenvalue weighted by molar-refractivity contribution is -0.632. The molecule has 32 heavy (non-hydrogen) atoms. The van der Waals surface area contributed by atoms with Crippen molar-refractivity contribution in [2.24, 2.45) is 7.05 Å². The fraction of sp³-hybridized carbons (Fsp3) is 0.310. The molecule has 0 amide bonds. The Morgan fingerprint density at radius 3 is 2.31 bits per heavy atom. The van der Waals surface area contributed by atoms with Crippen LogP contribution in [-0.4, -0.2) is 9.38 Å². The number of benzene rings is 2. The smallest absolute Gasteiger partial charge is 0.255 e. The number of para-hydroxylation sites is 1. The summed E-state index contributed by atoms with van der Waals surface area (Å²) < 4.78 is 4.98. The van der Waals surface area contributed by atoms with Gasteiger partial charge in [0.15, 0.2) is 11.4 Å². The van der Waals surface area contributed by atoms with Crippen LogP contribution < -0.4 is 4.57 Å². The van der Waals surface area contributed by atoms with Crippen LogP contribution in [0.15, 0.2) is 54.7 Å². The van der Waals surface area contributed by atoms with Gasteiger partial charge in [-0.1, -0.05) is 70.2 Å². The van der Waals surface area contributed by atoms with Gasteiger partial charge < -0.3 is 0 Å². The van der Waals surface area contributed by atoms with Crippen molar-refractivity contribution >= 4 is 27.5 Å². The molecule has 0 aliphatic carbocycles. The van der Waals surface area contributed by atoms with Crippen LogP contribution in [0.25, 0.3) is 38.7 Å². The largest absolute Gasteiger partial charge is 0.297 e. The first kappa shape index (κ1) is 19.5. The second kappa shape index (κ2) is 5.98. The molecule has 1 aliphatic rings. The Kier molecular flexibility index (Phi) is 3.64. The molecule has 3 heteroatoms. The Labute approximate surface area is 189 Å². The van der Waals surface area contributed by atoms with Gasteiger partial charge in [0, 0.05) is 33.5 Å². The molecule has 0 fully saturated rings. The van der Waals surface area contributed by atoms with E-state index in [1.807, 2.05) is 6.20 Å². The average Bonchev–Trinajstić information content (AvgIpc) is 3.09. The van der Waals surface area contributed by atoms with Gasteiger partial charge in [-0.05, 0) is 31.0 Å². The molecule has 160 valence electrons. The van der Waals surface area contributed by atoms with Gasteiger partial charge in [-0.2, -0.15) is 4.40 Å². The van der Waals surface area contributed by atoms with Crippen molar-refractivity contribution in [3.05, 3.63) is 77.1 Å². The molecule has 0 saturated heterocycles. The molecular formula is C29H30N3+. The van der Waals surface area contributed by atoms with E-state index in [1.165, 1.54) is 55.6 Å². The van der Waals surface area contributed by atoms with E-state index in [2.05, 4.69) is 106 Å². The van der Waals surface area contributed by atoms with E-state index < -0.39 is 0 Å². The first-order chi connectivity index (χ1) is 15.2. The van der Waals surface area contributed by atoms with Crippen molar-refractivity contribution in [2.45, 2.75) is 52.4 Å². The van der Waals surface area contributed by atoms with Crippen LogP contribution in [-0.2, 0) is 17.9 Å². The van der Waals surface area contributed by atoms with Crippen LogP contribution in [0.5, 0.6) is 0 Å². The molecule has 3 nitrogen and oxygen atoms in total. The third kappa shape index (κ3) is 2.07. The van der Waals surface area contributed by atoms with Crippen molar-refractivity contribution in [2.75, 3.05) is 0 Å². The van der Waals surface area contributed by atoms with E-state index in [1.54, 1.807) is 0 Å². The zero-order valence-electron chi connectivity index (χ0n) is 20.0. The van der Waals surface area contributed by atoms with Crippen molar-refractivity contribution < 1.29 is 4.57 Å². The number of nitrogens with zero attached hydrogens (tertiary/aromatic N) is 3. The van der Waals surface area contributed by atoms with E-state index in [-0.39, 0.29) is 10.8 Å². The first-order valence-electron chi connectivity index (χ1n) is 11.5. The maximum absolute atomic E-state index is 5.00. The molecule has 5 aromatic rings. The Hall–Kier alpha value is -3.20. The Bertz CT molecular complexity index is 1580. The lowest BCUT2D eigenvalue weighted by Crippen LogP contribution is -2.44. The van der Waals surface area contributed by atoms with Gasteiger partial charge in [0.05, 0.1) is 18.0 Å². The van der Waals surface area contributed by atoms with Gasteiger partial charge in [-0.15, -0.1) is 0 Å². The molecule has 3 aromatic heterocycles. The zero-order chi connectivity index (χ0) is 22.6. The summed E-state index contributed by atoms with van der Waals surface area (Å²) in [6, 6.07) is 17.7. The quantitative estimate of drug-likeness (QED) is 0.230. The highest BCUT2D eigenvalue weighted by Crippen LogP contribution is 2.53. The topological polar surface area (TPSA) is 21.2 Å². The second-order valence-electron chi connectivity index (χ2n) is 10.5. The molecule has 0 bridgehead atoms. The van der Waals surface area contributed by atoms with Crippen LogP contribution >= 0.6 is 0 Å². The summed E-state index contributed by atoms with van der Waals surface area (Å²) >= 11 is 0. The number of aromatic nitrogens is 3. The van der Waals surface area contributed by atoms with Crippen molar-refractivity contribution in [1.29, 1.82) is 0 Å². The van der Waals surface area contributed by atoms with Crippen LogP contribution in [0.1, 0.15) is 50.1 Å². The van der Waals surface area contributed by atoms with E-state index in [4.69, 9.17) is 4.98 Å². The summed E-state index contributed by atoms with van der Waals surface area (Å²) in [5, 5.41) is 2.50. The van der Waals surface area contributed by atoms with Gasteiger partial charge >= 0.3 is 0 Å². The Balaban J connectivity index is 2.04. The third-order valence-corrected chi connectivity index (χ3v) is 8.52. The lowest BCUT2D eigenvalue weighted by atomic mass is 9.60. The highest BCUT2D eigenvalue weighted by molar-refractivity contribution is 6.12. The number of aryl methyl sites for hydroxylation is 3.